The lowest BCUT2D eigenvalue weighted by Gasteiger charge is -2.37. The molecule has 25 heavy (non-hydrogen) atoms. The summed E-state index contributed by atoms with van der Waals surface area (Å²) in [5, 5.41) is 13.3. The van der Waals surface area contributed by atoms with Crippen molar-refractivity contribution in [2.75, 3.05) is 13.1 Å². The third kappa shape index (κ3) is 5.04. The predicted octanol–water partition coefficient (Wildman–Crippen LogP) is -0.141. The van der Waals surface area contributed by atoms with Crippen LogP contribution in [0.25, 0.3) is 0 Å². The zero-order chi connectivity index (χ0) is 18.0. The highest BCUT2D eigenvalue weighted by Crippen LogP contribution is 2.26. The Morgan fingerprint density at radius 1 is 1.32 bits per heavy atom. The van der Waals surface area contributed by atoms with Gasteiger partial charge in [-0.1, -0.05) is 0 Å². The minimum atomic E-state index is -0.117. The molecule has 8 heteroatoms. The maximum atomic E-state index is 12.2. The van der Waals surface area contributed by atoms with Crippen LogP contribution in [0.1, 0.15) is 46.0 Å². The van der Waals surface area contributed by atoms with Crippen LogP contribution in [0.3, 0.4) is 0 Å². The van der Waals surface area contributed by atoms with E-state index < -0.39 is 0 Å². The molecule has 0 radical (unpaired) electrons. The third-order valence-corrected chi connectivity index (χ3v) is 5.26. The van der Waals surface area contributed by atoms with Crippen molar-refractivity contribution in [3.63, 3.8) is 0 Å². The summed E-state index contributed by atoms with van der Waals surface area (Å²) in [5.41, 5.74) is 0. The number of amides is 2. The van der Waals surface area contributed by atoms with Crippen molar-refractivity contribution >= 4 is 29.1 Å². The van der Waals surface area contributed by atoms with Gasteiger partial charge in [0.25, 0.3) is 0 Å². The lowest BCUT2D eigenvalue weighted by atomic mass is 10.0. The van der Waals surface area contributed by atoms with E-state index in [0.29, 0.717) is 24.1 Å². The van der Waals surface area contributed by atoms with Gasteiger partial charge in [0.15, 0.2) is 5.11 Å². The number of piperazine rings is 1. The number of hydrogen-bond acceptors (Lipinski definition) is 4. The molecule has 7 nitrogen and oxygen atoms in total. The first kappa shape index (κ1) is 18.4. The molecule has 0 bridgehead atoms. The molecule has 2 amide bonds. The lowest BCUT2D eigenvalue weighted by molar-refractivity contribution is -0.129. The highest BCUT2D eigenvalue weighted by molar-refractivity contribution is 7.80. The van der Waals surface area contributed by atoms with Crippen molar-refractivity contribution in [1.29, 1.82) is 0 Å². The van der Waals surface area contributed by atoms with Gasteiger partial charge in [-0.05, 0) is 51.7 Å². The molecular weight excluding hydrogens is 338 g/mol. The van der Waals surface area contributed by atoms with Crippen LogP contribution < -0.4 is 21.3 Å². The second kappa shape index (κ2) is 7.86. The first-order chi connectivity index (χ1) is 11.9. The number of hydrogen-bond donors (Lipinski definition) is 4. The van der Waals surface area contributed by atoms with Gasteiger partial charge < -0.3 is 21.3 Å². The minimum Gasteiger partial charge on any atom is -0.360 e. The summed E-state index contributed by atoms with van der Waals surface area (Å²) in [6.45, 7) is 5.33. The molecule has 0 aromatic rings. The van der Waals surface area contributed by atoms with Crippen LogP contribution in [0.5, 0.6) is 0 Å². The van der Waals surface area contributed by atoms with E-state index in [1.54, 1.807) is 0 Å². The van der Waals surface area contributed by atoms with Gasteiger partial charge in [0.1, 0.15) is 0 Å². The molecule has 2 heterocycles. The lowest BCUT2D eigenvalue weighted by Crippen LogP contribution is -2.58. The fraction of sp³-hybridized carbons (Fsp3) is 0.824. The van der Waals surface area contributed by atoms with E-state index >= 15 is 0 Å². The molecule has 4 N–H and O–H groups in total. The van der Waals surface area contributed by atoms with E-state index in [1.165, 1.54) is 12.8 Å². The molecule has 3 aliphatic rings. The molecule has 0 aromatic heterocycles. The van der Waals surface area contributed by atoms with E-state index in [2.05, 4.69) is 26.2 Å². The Balaban J connectivity index is 1.51. The largest absolute Gasteiger partial charge is 0.360 e. The van der Waals surface area contributed by atoms with Gasteiger partial charge in [-0.2, -0.15) is 0 Å². The van der Waals surface area contributed by atoms with Crippen molar-refractivity contribution in [3.8, 4) is 0 Å². The fourth-order valence-electron chi connectivity index (χ4n) is 3.68. The molecular formula is C17H29N5O2S. The number of carbonyl (C=O) groups is 2. The Morgan fingerprint density at radius 2 is 2.04 bits per heavy atom. The van der Waals surface area contributed by atoms with Crippen LogP contribution in [0.4, 0.5) is 0 Å². The first-order valence-electron chi connectivity index (χ1n) is 9.32. The molecule has 2 saturated heterocycles. The Bertz CT molecular complexity index is 537. The smallest absolute Gasteiger partial charge is 0.237 e. The van der Waals surface area contributed by atoms with Gasteiger partial charge in [-0.3, -0.25) is 14.5 Å². The Kier molecular flexibility index (Phi) is 5.78. The number of thiocarbonyl (C=S) groups is 1. The number of fused-ring (bicyclic) bond motifs is 1. The van der Waals surface area contributed by atoms with Crippen LogP contribution in [0.2, 0.25) is 0 Å². The highest BCUT2D eigenvalue weighted by Gasteiger charge is 2.43. The molecule has 0 spiro atoms. The molecule has 3 fully saturated rings. The van der Waals surface area contributed by atoms with Crippen molar-refractivity contribution in [2.45, 2.75) is 76.2 Å². The molecule has 140 valence electrons. The topological polar surface area (TPSA) is 85.5 Å². The summed E-state index contributed by atoms with van der Waals surface area (Å²) < 4.78 is 0. The summed E-state index contributed by atoms with van der Waals surface area (Å²) in [6, 6.07) is 0.955. The summed E-state index contributed by atoms with van der Waals surface area (Å²) in [5.74, 6) is 0.167. The fourth-order valence-corrected chi connectivity index (χ4v) is 4.01. The summed E-state index contributed by atoms with van der Waals surface area (Å²) in [4.78, 5) is 26.4. The minimum absolute atomic E-state index is 0.0760. The summed E-state index contributed by atoms with van der Waals surface area (Å²) >= 11 is 5.36. The molecule has 0 aromatic carbocycles. The van der Waals surface area contributed by atoms with Crippen LogP contribution in [0, 0.1) is 0 Å². The molecule has 3 atom stereocenters. The van der Waals surface area contributed by atoms with E-state index in [4.69, 9.17) is 12.2 Å². The zero-order valence-electron chi connectivity index (χ0n) is 15.0. The quantitative estimate of drug-likeness (QED) is 0.489. The number of carbonyl (C=O) groups excluding carboxylic acids is 2. The van der Waals surface area contributed by atoms with E-state index in [0.717, 1.165) is 19.4 Å². The van der Waals surface area contributed by atoms with Crippen molar-refractivity contribution < 1.29 is 9.59 Å². The highest BCUT2D eigenvalue weighted by atomic mass is 32.1. The van der Waals surface area contributed by atoms with Crippen LogP contribution in [-0.2, 0) is 9.59 Å². The second-order valence-electron chi connectivity index (χ2n) is 7.70. The molecule has 1 aliphatic carbocycles. The average Bonchev–Trinajstić information content (AvgIpc) is 3.22. The normalized spacial score (nSPS) is 29.1. The molecule has 3 rings (SSSR count). The zero-order valence-corrected chi connectivity index (χ0v) is 15.8. The van der Waals surface area contributed by atoms with Crippen LogP contribution in [-0.4, -0.2) is 65.1 Å². The summed E-state index contributed by atoms with van der Waals surface area (Å²) in [7, 11) is 0. The van der Waals surface area contributed by atoms with Crippen molar-refractivity contribution in [1.82, 2.24) is 26.2 Å². The van der Waals surface area contributed by atoms with Gasteiger partial charge in [0.2, 0.25) is 11.8 Å². The van der Waals surface area contributed by atoms with Crippen LogP contribution in [0.15, 0.2) is 0 Å². The standard InChI is InChI=1S/C17H29N5O2S/c1-10(2)19-15(23)6-5-13-8-18-16(24)14-7-12(9-22(13)14)21-17(25)20-11-3-4-11/h10-14H,3-9H2,1-2H3,(H,18,24)(H,19,23)(H2,20,21,25)/t12-,13+,14-/m0/s1. The van der Waals surface area contributed by atoms with Gasteiger partial charge >= 0.3 is 0 Å². The number of rotatable bonds is 6. The maximum Gasteiger partial charge on any atom is 0.237 e. The molecule has 0 unspecified atom stereocenters. The molecule has 1 saturated carbocycles. The van der Waals surface area contributed by atoms with E-state index in [1.807, 2.05) is 13.8 Å². The Hall–Kier alpha value is -1.41. The third-order valence-electron chi connectivity index (χ3n) is 5.02. The van der Waals surface area contributed by atoms with E-state index in [9.17, 15) is 9.59 Å². The number of nitrogens with one attached hydrogen (secondary N) is 4. The Labute approximate surface area is 154 Å². The van der Waals surface area contributed by atoms with E-state index in [-0.39, 0.29) is 36.0 Å². The van der Waals surface area contributed by atoms with Crippen molar-refractivity contribution in [2.24, 2.45) is 0 Å². The predicted molar refractivity (Wildman–Crippen MR) is 100 cm³/mol. The monoisotopic (exact) mass is 367 g/mol. The van der Waals surface area contributed by atoms with Crippen molar-refractivity contribution in [3.05, 3.63) is 0 Å². The van der Waals surface area contributed by atoms with Gasteiger partial charge in [0, 0.05) is 43.7 Å². The van der Waals surface area contributed by atoms with Gasteiger partial charge in [0.05, 0.1) is 6.04 Å². The average molecular weight is 368 g/mol. The SMILES string of the molecule is CC(C)NC(=O)CC[C@@H]1CNC(=O)[C@@H]2C[C@H](NC(=S)NC3CC3)CN12. The van der Waals surface area contributed by atoms with Gasteiger partial charge in [-0.25, -0.2) is 0 Å². The number of nitrogens with zero attached hydrogens (tertiary/aromatic N) is 1. The second-order valence-corrected chi connectivity index (χ2v) is 8.11. The maximum absolute atomic E-state index is 12.2. The van der Waals surface area contributed by atoms with Crippen LogP contribution >= 0.6 is 12.2 Å². The summed E-state index contributed by atoms with van der Waals surface area (Å²) in [6.07, 6.45) is 4.37. The Morgan fingerprint density at radius 3 is 2.72 bits per heavy atom. The van der Waals surface area contributed by atoms with Gasteiger partial charge in [-0.15, -0.1) is 0 Å². The first-order valence-corrected chi connectivity index (χ1v) is 9.73. The molecule has 2 aliphatic heterocycles.